The van der Waals surface area contributed by atoms with E-state index in [-0.39, 0.29) is 0 Å². The summed E-state index contributed by atoms with van der Waals surface area (Å²) >= 11 is 0. The Hall–Kier alpha value is -1.40. The lowest BCUT2D eigenvalue weighted by Crippen LogP contribution is -2.70. The number of alkyl halides is 25. The largest absolute Gasteiger partial charge is 0.460 e. The molecule has 0 rings (SSSR count). The monoisotopic (exact) mass is 866 g/mol. The molecule has 0 aromatic carbocycles. The van der Waals surface area contributed by atoms with Crippen molar-refractivity contribution in [3.8, 4) is 0 Å². The molecule has 52 heavy (non-hydrogen) atoms. The quantitative estimate of drug-likeness (QED) is 0.0897. The van der Waals surface area contributed by atoms with Gasteiger partial charge in [-0.15, -0.1) is 0 Å². The van der Waals surface area contributed by atoms with Gasteiger partial charge < -0.3 is 8.85 Å². The lowest BCUT2D eigenvalue weighted by atomic mass is 9.91. The van der Waals surface area contributed by atoms with Crippen LogP contribution in [0.4, 0.5) is 110 Å². The summed E-state index contributed by atoms with van der Waals surface area (Å²) in [4.78, 5) is 0. The van der Waals surface area contributed by atoms with E-state index < -0.39 is 133 Å². The lowest BCUT2D eigenvalue weighted by molar-refractivity contribution is -0.439. The molecule has 0 bridgehead atoms. The molecule has 4 atom stereocenters. The minimum Gasteiger partial charge on any atom is -0.415 e. The molecular formula is C23H27F25O2Si2. The maximum atomic E-state index is 14.1. The fraction of sp³-hybridized carbons (Fsp3) is 1.00. The molecule has 314 valence electrons. The van der Waals surface area contributed by atoms with Gasteiger partial charge in [0.25, 0.3) is 0 Å². The standard InChI is InChI=1S/C23H27F25O2Si2/c1-10(49-51(4)8-6-13(26,27)16(32,33)19(38,39)18(36,37)15(30,31)12(3,24)25)11(2)50-52(5)9-7-14(28,29)17(34,35)20(40,41)21(42,43)22(44,45)23(46,47)48/h10-11,51-52H,6-9H2,1-5H3/t10-,11+,51?,52?/m1/s1. The van der Waals surface area contributed by atoms with Crippen LogP contribution < -0.4 is 0 Å². The minimum absolute atomic E-state index is 0.819. The molecule has 2 nitrogen and oxygen atoms in total. The smallest absolute Gasteiger partial charge is 0.415 e. The van der Waals surface area contributed by atoms with E-state index in [9.17, 15) is 110 Å². The second-order valence-corrected chi connectivity index (χ2v) is 16.7. The van der Waals surface area contributed by atoms with Gasteiger partial charge >= 0.3 is 71.3 Å². The van der Waals surface area contributed by atoms with Crippen molar-refractivity contribution in [3.05, 3.63) is 0 Å². The summed E-state index contributed by atoms with van der Waals surface area (Å²) in [5.74, 6) is -80.6. The van der Waals surface area contributed by atoms with E-state index in [0.717, 1.165) is 26.9 Å². The molecule has 0 saturated heterocycles. The van der Waals surface area contributed by atoms with Crippen LogP contribution in [-0.2, 0) is 8.85 Å². The van der Waals surface area contributed by atoms with Gasteiger partial charge in [0.2, 0.25) is 0 Å². The van der Waals surface area contributed by atoms with Gasteiger partial charge in [-0.25, -0.2) is 0 Å². The molecule has 0 aliphatic heterocycles. The van der Waals surface area contributed by atoms with Crippen molar-refractivity contribution in [1.29, 1.82) is 0 Å². The van der Waals surface area contributed by atoms with E-state index in [2.05, 4.69) is 0 Å². The van der Waals surface area contributed by atoms with E-state index in [1.165, 1.54) is 0 Å². The minimum atomic E-state index is -8.11. The fourth-order valence-corrected chi connectivity index (χ4v) is 7.59. The Labute approximate surface area is 279 Å². The first kappa shape index (κ1) is 50.6. The predicted molar refractivity (Wildman–Crippen MR) is 132 cm³/mol. The molecule has 0 aliphatic carbocycles. The van der Waals surface area contributed by atoms with Gasteiger partial charge in [-0.1, -0.05) is 0 Å². The number of hydrogen-bond acceptors (Lipinski definition) is 2. The molecule has 0 fully saturated rings. The van der Waals surface area contributed by atoms with Crippen molar-refractivity contribution in [1.82, 2.24) is 0 Å². The normalized spacial score (nSPS) is 18.3. The van der Waals surface area contributed by atoms with Crippen LogP contribution in [-0.4, -0.2) is 102 Å². The summed E-state index contributed by atoms with van der Waals surface area (Å²) in [6.45, 7) is 2.46. The van der Waals surface area contributed by atoms with Crippen LogP contribution >= 0.6 is 0 Å². The second kappa shape index (κ2) is 14.9. The molecule has 0 amide bonds. The maximum absolute atomic E-state index is 14.1. The van der Waals surface area contributed by atoms with Crippen LogP contribution in [0.5, 0.6) is 0 Å². The number of rotatable bonds is 20. The average Bonchev–Trinajstić information content (AvgIpc) is 2.92. The molecule has 0 N–H and O–H groups in total. The Kier molecular flexibility index (Phi) is 14.5. The molecule has 0 saturated carbocycles. The molecule has 29 heteroatoms. The van der Waals surface area contributed by atoms with E-state index >= 15 is 0 Å². The topological polar surface area (TPSA) is 18.5 Å². The molecule has 0 radical (unpaired) electrons. The van der Waals surface area contributed by atoms with Crippen molar-refractivity contribution in [2.45, 2.75) is 142 Å². The Morgan fingerprint density at radius 2 is 0.615 bits per heavy atom. The van der Waals surface area contributed by atoms with Crippen LogP contribution in [0.15, 0.2) is 0 Å². The Balaban J connectivity index is 5.62. The van der Waals surface area contributed by atoms with Gasteiger partial charge in [0.1, 0.15) is 0 Å². The third kappa shape index (κ3) is 8.69. The van der Waals surface area contributed by atoms with Gasteiger partial charge in [0.05, 0.1) is 12.2 Å². The Morgan fingerprint density at radius 1 is 0.385 bits per heavy atom. The van der Waals surface area contributed by atoms with Crippen LogP contribution in [0, 0.1) is 0 Å². The highest BCUT2D eigenvalue weighted by Gasteiger charge is 2.91. The van der Waals surface area contributed by atoms with Gasteiger partial charge in [-0.05, 0) is 39.0 Å². The van der Waals surface area contributed by atoms with Crippen LogP contribution in [0.25, 0.3) is 0 Å². The van der Waals surface area contributed by atoms with Gasteiger partial charge in [0, 0.05) is 19.8 Å². The fourth-order valence-electron chi connectivity index (χ4n) is 3.88. The molecule has 0 aliphatic rings. The van der Waals surface area contributed by atoms with E-state index in [1.54, 1.807) is 0 Å². The van der Waals surface area contributed by atoms with E-state index in [0.29, 0.717) is 0 Å². The molecule has 0 aromatic heterocycles. The molecule has 0 spiro atoms. The summed E-state index contributed by atoms with van der Waals surface area (Å²) in [5.41, 5.74) is 0. The number of hydrogen-bond donors (Lipinski definition) is 0. The van der Waals surface area contributed by atoms with Crippen molar-refractivity contribution >= 4 is 18.1 Å². The predicted octanol–water partition coefficient (Wildman–Crippen LogP) is 10.9. The molecule has 2 unspecified atom stereocenters. The highest BCUT2D eigenvalue weighted by molar-refractivity contribution is 6.50. The average molecular weight is 867 g/mol. The summed E-state index contributed by atoms with van der Waals surface area (Å²) in [5, 5.41) is 0. The van der Waals surface area contributed by atoms with Crippen LogP contribution in [0.1, 0.15) is 33.6 Å². The second-order valence-electron chi connectivity index (χ2n) is 11.8. The lowest BCUT2D eigenvalue weighted by Gasteiger charge is -2.41. The first-order valence-electron chi connectivity index (χ1n) is 13.8. The van der Waals surface area contributed by atoms with Crippen molar-refractivity contribution < 1.29 is 119 Å². The number of halogens is 25. The van der Waals surface area contributed by atoms with Gasteiger partial charge in [-0.2, -0.15) is 110 Å². The molecule has 0 aromatic rings. The summed E-state index contributed by atoms with van der Waals surface area (Å²) < 4.78 is 346. The molecule has 0 heterocycles. The maximum Gasteiger partial charge on any atom is 0.460 e. The summed E-state index contributed by atoms with van der Waals surface area (Å²) in [6, 6.07) is -2.82. The Bertz CT molecular complexity index is 1090. The van der Waals surface area contributed by atoms with Crippen molar-refractivity contribution in [2.75, 3.05) is 0 Å². The zero-order chi connectivity index (χ0) is 42.6. The van der Waals surface area contributed by atoms with E-state index in [1.807, 2.05) is 0 Å². The van der Waals surface area contributed by atoms with Gasteiger partial charge in [-0.3, -0.25) is 0 Å². The van der Waals surface area contributed by atoms with E-state index in [4.69, 9.17) is 8.85 Å². The third-order valence-electron chi connectivity index (χ3n) is 7.48. The SMILES string of the molecule is C[C@H](O[SiH](C)CCC(F)(F)C(F)(F)C(F)(F)C(F)(F)C(F)(F)C(F)(F)F)[C@@H](C)O[SiH](C)CCC(F)(F)C(F)(F)C(F)(F)C(F)(F)C(F)(F)C(C)(F)F. The van der Waals surface area contributed by atoms with Gasteiger partial charge in [0.15, 0.2) is 18.1 Å². The van der Waals surface area contributed by atoms with Crippen LogP contribution in [0.3, 0.4) is 0 Å². The van der Waals surface area contributed by atoms with Crippen LogP contribution in [0.2, 0.25) is 25.2 Å². The zero-order valence-electron chi connectivity index (χ0n) is 26.4. The summed E-state index contributed by atoms with van der Waals surface area (Å²) in [6.07, 6.45) is -15.7. The third-order valence-corrected chi connectivity index (χ3v) is 11.5. The highest BCUT2D eigenvalue weighted by atomic mass is 28.3. The zero-order valence-corrected chi connectivity index (χ0v) is 28.7. The molecular weight excluding hydrogens is 839 g/mol. The van der Waals surface area contributed by atoms with Crippen molar-refractivity contribution in [3.63, 3.8) is 0 Å². The Morgan fingerprint density at radius 3 is 0.846 bits per heavy atom. The first-order chi connectivity index (χ1) is 22.3. The summed E-state index contributed by atoms with van der Waals surface area (Å²) in [7, 11) is -6.86. The highest BCUT2D eigenvalue weighted by Crippen LogP contribution is 2.62. The van der Waals surface area contributed by atoms with Crippen molar-refractivity contribution in [2.24, 2.45) is 0 Å². The first-order valence-corrected chi connectivity index (χ1v) is 18.7.